The minimum atomic E-state index is -0.195. The van der Waals surface area contributed by atoms with Gasteiger partial charge in [0.1, 0.15) is 11.4 Å². The van der Waals surface area contributed by atoms with Gasteiger partial charge < -0.3 is 10.4 Å². The van der Waals surface area contributed by atoms with Crippen LogP contribution in [0.1, 0.15) is 18.1 Å². The van der Waals surface area contributed by atoms with Crippen LogP contribution >= 0.6 is 12.2 Å². The summed E-state index contributed by atoms with van der Waals surface area (Å²) in [6, 6.07) is 14.4. The Balaban J connectivity index is 1.97. The number of carbonyl (C=O) groups is 1. The van der Waals surface area contributed by atoms with Gasteiger partial charge >= 0.3 is 0 Å². The lowest BCUT2D eigenvalue weighted by molar-refractivity contribution is -0.113. The van der Waals surface area contributed by atoms with Gasteiger partial charge in [-0.25, -0.2) is 0 Å². The summed E-state index contributed by atoms with van der Waals surface area (Å²) >= 11 is 5.33. The molecule has 0 spiro atoms. The number of nitrogens with one attached hydrogen (secondary N) is 1. The van der Waals surface area contributed by atoms with Crippen molar-refractivity contribution in [2.24, 2.45) is 0 Å². The average molecular weight is 324 g/mol. The molecule has 116 valence electrons. The molecule has 1 amide bonds. The topological polar surface area (TPSA) is 52.6 Å². The average Bonchev–Trinajstić information content (AvgIpc) is 2.81. The largest absolute Gasteiger partial charge is 0.508 e. The van der Waals surface area contributed by atoms with E-state index in [1.54, 1.807) is 24.3 Å². The second kappa shape index (κ2) is 6.22. The molecule has 4 nitrogen and oxygen atoms in total. The van der Waals surface area contributed by atoms with Crippen molar-refractivity contribution < 1.29 is 9.90 Å². The summed E-state index contributed by atoms with van der Waals surface area (Å²) in [6.07, 6.45) is 2.50. The number of aryl methyl sites for hydroxylation is 1. The van der Waals surface area contributed by atoms with Gasteiger partial charge in [-0.3, -0.25) is 9.69 Å². The molecule has 0 unspecified atom stereocenters. The monoisotopic (exact) mass is 324 g/mol. The molecule has 0 aliphatic carbocycles. The Morgan fingerprint density at radius 3 is 2.74 bits per heavy atom. The van der Waals surface area contributed by atoms with Crippen LogP contribution in [0.15, 0.2) is 54.2 Å². The molecule has 0 bridgehead atoms. The molecule has 0 radical (unpaired) electrons. The Bertz CT molecular complexity index is 814. The van der Waals surface area contributed by atoms with Crippen molar-refractivity contribution in [3.63, 3.8) is 0 Å². The zero-order valence-corrected chi connectivity index (χ0v) is 13.4. The predicted molar refractivity (Wildman–Crippen MR) is 95.1 cm³/mol. The normalized spacial score (nSPS) is 16.0. The molecule has 1 aliphatic heterocycles. The van der Waals surface area contributed by atoms with Crippen LogP contribution in [0, 0.1) is 0 Å². The summed E-state index contributed by atoms with van der Waals surface area (Å²) in [5, 5.41) is 12.9. The van der Waals surface area contributed by atoms with E-state index >= 15 is 0 Å². The van der Waals surface area contributed by atoms with Crippen molar-refractivity contribution in [3.05, 3.63) is 65.4 Å². The third-order valence-electron chi connectivity index (χ3n) is 3.67. The zero-order chi connectivity index (χ0) is 16.4. The predicted octanol–water partition coefficient (Wildman–Crippen LogP) is 3.22. The van der Waals surface area contributed by atoms with Crippen LogP contribution in [-0.2, 0) is 11.2 Å². The van der Waals surface area contributed by atoms with E-state index < -0.39 is 0 Å². The van der Waals surface area contributed by atoms with Crippen LogP contribution in [-0.4, -0.2) is 16.1 Å². The molecule has 2 aromatic rings. The molecule has 3 rings (SSSR count). The van der Waals surface area contributed by atoms with Crippen molar-refractivity contribution in [3.8, 4) is 5.75 Å². The molecule has 0 saturated carbocycles. The molecular weight excluding hydrogens is 308 g/mol. The number of thiocarbonyl (C=S) groups is 1. The first-order valence-electron chi connectivity index (χ1n) is 7.34. The Morgan fingerprint density at radius 1 is 1.22 bits per heavy atom. The van der Waals surface area contributed by atoms with Gasteiger partial charge in [0.15, 0.2) is 5.11 Å². The maximum Gasteiger partial charge on any atom is 0.281 e. The number of rotatable bonds is 3. The van der Waals surface area contributed by atoms with Gasteiger partial charge in [-0.15, -0.1) is 0 Å². The molecule has 0 atom stereocenters. The highest BCUT2D eigenvalue weighted by molar-refractivity contribution is 7.80. The molecule has 1 fully saturated rings. The quantitative estimate of drug-likeness (QED) is 0.672. The van der Waals surface area contributed by atoms with Crippen LogP contribution in [0.25, 0.3) is 6.08 Å². The lowest BCUT2D eigenvalue weighted by atomic mass is 10.1. The number of nitrogens with zero attached hydrogens (tertiary/aromatic N) is 1. The maximum absolute atomic E-state index is 12.7. The molecule has 2 N–H and O–H groups in total. The summed E-state index contributed by atoms with van der Waals surface area (Å²) in [6.45, 7) is 2.04. The minimum Gasteiger partial charge on any atom is -0.508 e. The molecule has 2 aromatic carbocycles. The van der Waals surface area contributed by atoms with Gasteiger partial charge in [0.2, 0.25) is 0 Å². The number of benzene rings is 2. The number of para-hydroxylation sites is 1. The minimum absolute atomic E-state index is 0.153. The fourth-order valence-corrected chi connectivity index (χ4v) is 2.85. The highest BCUT2D eigenvalue weighted by atomic mass is 32.1. The van der Waals surface area contributed by atoms with Crippen molar-refractivity contribution in [1.82, 2.24) is 5.32 Å². The van der Waals surface area contributed by atoms with E-state index in [1.807, 2.05) is 37.3 Å². The fraction of sp³-hybridized carbons (Fsp3) is 0.111. The number of carbonyl (C=O) groups excluding carboxylic acids is 1. The summed E-state index contributed by atoms with van der Waals surface area (Å²) in [5.74, 6) is -0.0419. The van der Waals surface area contributed by atoms with Crippen molar-refractivity contribution in [1.29, 1.82) is 0 Å². The Labute approximate surface area is 140 Å². The maximum atomic E-state index is 12.7. The van der Waals surface area contributed by atoms with Crippen molar-refractivity contribution in [2.75, 3.05) is 4.90 Å². The van der Waals surface area contributed by atoms with Gasteiger partial charge in [-0.05, 0) is 54.0 Å². The number of aromatic hydroxyl groups is 1. The first kappa shape index (κ1) is 15.2. The van der Waals surface area contributed by atoms with Crippen LogP contribution in [0.5, 0.6) is 5.75 Å². The second-order valence-corrected chi connectivity index (χ2v) is 5.59. The first-order valence-corrected chi connectivity index (χ1v) is 7.75. The first-order chi connectivity index (χ1) is 11.1. The standard InChI is InChI=1S/C18H16N2O2S/c1-2-13-7-3-4-9-16(13)20-17(22)15(19-18(20)23)11-12-6-5-8-14(21)10-12/h3-11,21H,2H2,1H3,(H,19,23)/b15-11-. The summed E-state index contributed by atoms with van der Waals surface area (Å²) in [5.41, 5.74) is 2.99. The van der Waals surface area contributed by atoms with Crippen LogP contribution in [0.3, 0.4) is 0 Å². The number of phenols is 1. The van der Waals surface area contributed by atoms with Crippen LogP contribution in [0.2, 0.25) is 0 Å². The van der Waals surface area contributed by atoms with Crippen molar-refractivity contribution >= 4 is 35.0 Å². The Morgan fingerprint density at radius 2 is 2.00 bits per heavy atom. The summed E-state index contributed by atoms with van der Waals surface area (Å²) in [4.78, 5) is 14.2. The number of hydrogen-bond acceptors (Lipinski definition) is 3. The highest BCUT2D eigenvalue weighted by Gasteiger charge is 2.32. The van der Waals surface area contributed by atoms with E-state index in [0.717, 1.165) is 23.2 Å². The number of amides is 1. The lowest BCUT2D eigenvalue weighted by Crippen LogP contribution is -2.31. The molecule has 0 aromatic heterocycles. The third kappa shape index (κ3) is 2.96. The summed E-state index contributed by atoms with van der Waals surface area (Å²) in [7, 11) is 0. The zero-order valence-electron chi connectivity index (χ0n) is 12.6. The number of hydrogen-bond donors (Lipinski definition) is 2. The van der Waals surface area contributed by atoms with Crippen LogP contribution in [0.4, 0.5) is 5.69 Å². The van der Waals surface area contributed by atoms with Crippen molar-refractivity contribution in [2.45, 2.75) is 13.3 Å². The Hall–Kier alpha value is -2.66. The van der Waals surface area contributed by atoms with Crippen LogP contribution < -0.4 is 10.2 Å². The van der Waals surface area contributed by atoms with E-state index in [9.17, 15) is 9.90 Å². The third-order valence-corrected chi connectivity index (χ3v) is 3.96. The summed E-state index contributed by atoms with van der Waals surface area (Å²) < 4.78 is 0. The number of phenolic OH excluding ortho intramolecular Hbond substituents is 1. The molecule has 1 heterocycles. The second-order valence-electron chi connectivity index (χ2n) is 5.21. The molecule has 5 heteroatoms. The van der Waals surface area contributed by atoms with Gasteiger partial charge in [0.05, 0.1) is 5.69 Å². The van der Waals surface area contributed by atoms with Gasteiger partial charge in [0, 0.05) is 0 Å². The lowest BCUT2D eigenvalue weighted by Gasteiger charge is -2.17. The molecule has 1 aliphatic rings. The highest BCUT2D eigenvalue weighted by Crippen LogP contribution is 2.26. The molecule has 1 saturated heterocycles. The van der Waals surface area contributed by atoms with E-state index in [4.69, 9.17) is 12.2 Å². The number of anilines is 1. The SMILES string of the molecule is CCc1ccccc1N1C(=O)/C(=C/c2cccc(O)c2)NC1=S. The van der Waals surface area contributed by atoms with E-state index in [-0.39, 0.29) is 11.7 Å². The van der Waals surface area contributed by atoms with E-state index in [0.29, 0.717) is 10.8 Å². The van der Waals surface area contributed by atoms with E-state index in [2.05, 4.69) is 5.32 Å². The van der Waals surface area contributed by atoms with Gasteiger partial charge in [-0.2, -0.15) is 0 Å². The van der Waals surface area contributed by atoms with E-state index in [1.165, 1.54) is 4.90 Å². The molecular formula is C18H16N2O2S. The van der Waals surface area contributed by atoms with Gasteiger partial charge in [0.25, 0.3) is 5.91 Å². The Kier molecular flexibility index (Phi) is 4.12. The van der Waals surface area contributed by atoms with Gasteiger partial charge in [-0.1, -0.05) is 37.3 Å². The smallest absolute Gasteiger partial charge is 0.281 e. The molecule has 23 heavy (non-hydrogen) atoms. The fourth-order valence-electron chi connectivity index (χ4n) is 2.56.